The molecule has 0 saturated heterocycles. The molecule has 1 atom stereocenters. The summed E-state index contributed by atoms with van der Waals surface area (Å²) >= 11 is 14.1. The maximum atomic E-state index is 13.1. The number of rotatable bonds is 11. The number of hydrogen-bond donors (Lipinski definition) is 2. The molecule has 0 amide bonds. The number of aryl methyl sites for hydroxylation is 2. The topological polar surface area (TPSA) is 133 Å². The number of pyridine rings is 1. The Morgan fingerprint density at radius 3 is 2.52 bits per heavy atom. The van der Waals surface area contributed by atoms with E-state index in [9.17, 15) is 14.4 Å². The monoisotopic (exact) mass is 726 g/mol. The van der Waals surface area contributed by atoms with E-state index in [-0.39, 0.29) is 40.0 Å². The van der Waals surface area contributed by atoms with Crippen molar-refractivity contribution in [2.75, 3.05) is 19.0 Å². The van der Waals surface area contributed by atoms with Gasteiger partial charge in [-0.15, -0.1) is 6.54 Å². The van der Waals surface area contributed by atoms with E-state index >= 15 is 0 Å². The first-order valence-corrected chi connectivity index (χ1v) is 15.7. The van der Waals surface area contributed by atoms with E-state index in [1.54, 1.807) is 20.2 Å². The number of methoxy groups -OCH3 is 1. The van der Waals surface area contributed by atoms with Crippen LogP contribution in [0, 0.1) is 6.42 Å². The zero-order chi connectivity index (χ0) is 33.2. The van der Waals surface area contributed by atoms with Gasteiger partial charge in [-0.2, -0.15) is 6.42 Å². The van der Waals surface area contributed by atoms with Crippen molar-refractivity contribution in [1.82, 2.24) is 29.4 Å². The average Bonchev–Trinajstić information content (AvgIpc) is 3.50. The zero-order valence-corrected chi connectivity index (χ0v) is 29.0. The number of aromatic nitrogens is 5. The molecule has 1 radical (unpaired) electrons. The van der Waals surface area contributed by atoms with Gasteiger partial charge in [0, 0.05) is 42.4 Å². The summed E-state index contributed by atoms with van der Waals surface area (Å²) in [7, 11) is 4.56. The van der Waals surface area contributed by atoms with Crippen LogP contribution in [0.25, 0.3) is 33.4 Å². The minimum absolute atomic E-state index is 0. The van der Waals surface area contributed by atoms with Crippen LogP contribution >= 0.6 is 23.2 Å². The molecule has 3 heterocycles. The van der Waals surface area contributed by atoms with Crippen LogP contribution < -0.4 is 26.6 Å². The Kier molecular flexibility index (Phi) is 11.0. The molecule has 247 valence electrons. The summed E-state index contributed by atoms with van der Waals surface area (Å²) in [5.74, 6) is 0.754. The van der Waals surface area contributed by atoms with Crippen LogP contribution in [0.5, 0.6) is 5.88 Å². The molecule has 0 aliphatic heterocycles. The van der Waals surface area contributed by atoms with E-state index in [0.717, 1.165) is 34.1 Å². The standard InChI is InChI=1S/C34H31Cl2N7O4.Mn/c1-42-31-27(33(45)43(2)34(42)46)30(38-18-39-31)40-24-12-8-10-21(29(24)36)20-9-7-11-22(28(20)35)25-17-19-13-14-23(26(19)32(41-25)47-3)37-15-5-4-6-16-44;/h5,7-12,17-18,23,37H,4,6,13-15H2,1-3H3,(H,38,39,40);/q-2;+2/t23-;/m0./s1. The predicted octanol–water partition coefficient (Wildman–Crippen LogP) is 5.48. The fourth-order valence-electron chi connectivity index (χ4n) is 5.99. The summed E-state index contributed by atoms with van der Waals surface area (Å²) in [4.78, 5) is 49.3. The van der Waals surface area contributed by atoms with Crippen molar-refractivity contribution in [1.29, 1.82) is 0 Å². The number of nitrogens with zero attached hydrogens (tertiary/aromatic N) is 5. The first-order valence-electron chi connectivity index (χ1n) is 15.0. The van der Waals surface area contributed by atoms with Crippen molar-refractivity contribution in [3.63, 3.8) is 0 Å². The van der Waals surface area contributed by atoms with Crippen LogP contribution in [-0.2, 0) is 42.4 Å². The molecule has 2 N–H and O–H groups in total. The number of anilines is 2. The van der Waals surface area contributed by atoms with Gasteiger partial charge in [-0.25, -0.2) is 26.2 Å². The molecule has 0 saturated carbocycles. The average molecular weight is 728 g/mol. The van der Waals surface area contributed by atoms with E-state index < -0.39 is 11.2 Å². The molecule has 11 nitrogen and oxygen atoms in total. The van der Waals surface area contributed by atoms with Gasteiger partial charge in [0.1, 0.15) is 17.5 Å². The molecule has 0 fully saturated rings. The van der Waals surface area contributed by atoms with Crippen LogP contribution in [0.2, 0.25) is 10.0 Å². The van der Waals surface area contributed by atoms with Crippen LogP contribution in [0.3, 0.4) is 0 Å². The van der Waals surface area contributed by atoms with Crippen molar-refractivity contribution in [3.8, 4) is 28.3 Å². The van der Waals surface area contributed by atoms with E-state index in [2.05, 4.69) is 26.7 Å². The fourth-order valence-corrected chi connectivity index (χ4v) is 6.59. The molecule has 6 rings (SSSR count). The third-order valence-corrected chi connectivity index (χ3v) is 9.18. The molecule has 1 aliphatic carbocycles. The molecule has 0 unspecified atom stereocenters. The van der Waals surface area contributed by atoms with Gasteiger partial charge in [-0.3, -0.25) is 20.2 Å². The third kappa shape index (κ3) is 6.51. The van der Waals surface area contributed by atoms with Gasteiger partial charge < -0.3 is 26.6 Å². The number of fused-ring (bicyclic) bond motifs is 2. The summed E-state index contributed by atoms with van der Waals surface area (Å²) in [5, 5.41) is 7.67. The fraction of sp³-hybridized carbons (Fsp3) is 0.265. The van der Waals surface area contributed by atoms with Crippen LogP contribution in [-0.4, -0.2) is 44.0 Å². The molecule has 0 spiro atoms. The zero-order valence-electron chi connectivity index (χ0n) is 26.3. The second-order valence-electron chi connectivity index (χ2n) is 11.1. The number of hydrogen-bond acceptors (Lipinski definition) is 9. The molecule has 5 aromatic rings. The molecular formula is C34H31Cl2MnN7O4. The Morgan fingerprint density at radius 2 is 1.77 bits per heavy atom. The van der Waals surface area contributed by atoms with Gasteiger partial charge in [-0.1, -0.05) is 53.5 Å². The SMILES string of the molecule is COc1nc(-c2cccc(-c3cccc(Nc4ncnc5c4c(=O)n(C)c(=O)n5C)c3Cl)c2Cl)cc2c1[C@@H](NC[CH-]CC[C-]=O)CC2.[Mn+2]. The van der Waals surface area contributed by atoms with Gasteiger partial charge in [0.2, 0.25) is 5.88 Å². The van der Waals surface area contributed by atoms with Crippen molar-refractivity contribution >= 4 is 52.0 Å². The molecule has 1 aliphatic rings. The quantitative estimate of drug-likeness (QED) is 0.103. The van der Waals surface area contributed by atoms with Gasteiger partial charge >= 0.3 is 22.8 Å². The van der Waals surface area contributed by atoms with Crippen LogP contribution in [0.1, 0.15) is 36.4 Å². The number of carbonyl (C=O) groups excluding carboxylic acids is 1. The Labute approximate surface area is 297 Å². The normalized spacial score (nSPS) is 13.6. The van der Waals surface area contributed by atoms with Crippen LogP contribution in [0.4, 0.5) is 11.5 Å². The Hall–Kier alpha value is -4.06. The minimum Gasteiger partial charge on any atom is -0.542 e. The summed E-state index contributed by atoms with van der Waals surface area (Å²) in [6, 6.07) is 13.3. The first-order chi connectivity index (χ1) is 22.7. The molecular weight excluding hydrogens is 696 g/mol. The van der Waals surface area contributed by atoms with Crippen molar-refractivity contribution in [3.05, 3.63) is 97.2 Å². The number of nitrogens with one attached hydrogen (secondary N) is 2. The summed E-state index contributed by atoms with van der Waals surface area (Å²) in [6.45, 7) is 0.670. The maximum Gasteiger partial charge on any atom is 2.00 e. The Balaban J connectivity index is 0.00000451. The Bertz CT molecular complexity index is 2140. The van der Waals surface area contributed by atoms with Crippen molar-refractivity contribution in [2.24, 2.45) is 14.1 Å². The van der Waals surface area contributed by atoms with Gasteiger partial charge in [-0.05, 0) is 30.5 Å². The number of unbranched alkanes of at least 4 members (excludes halogenated alkanes) is 2. The van der Waals surface area contributed by atoms with Gasteiger partial charge in [0.25, 0.3) is 5.56 Å². The molecule has 2 aromatic carbocycles. The number of ether oxygens (including phenoxy) is 1. The summed E-state index contributed by atoms with van der Waals surface area (Å²) in [5.41, 5.74) is 4.58. The smallest absolute Gasteiger partial charge is 0.542 e. The van der Waals surface area contributed by atoms with Crippen LogP contribution in [0.15, 0.2) is 58.4 Å². The third-order valence-electron chi connectivity index (χ3n) is 8.37. The summed E-state index contributed by atoms with van der Waals surface area (Å²) < 4.78 is 8.06. The van der Waals surface area contributed by atoms with E-state index in [0.29, 0.717) is 57.8 Å². The molecule has 3 aromatic heterocycles. The second-order valence-corrected chi connectivity index (χ2v) is 11.9. The molecule has 48 heavy (non-hydrogen) atoms. The first kappa shape index (κ1) is 35.3. The van der Waals surface area contributed by atoms with E-state index in [1.165, 1.54) is 17.9 Å². The van der Waals surface area contributed by atoms with Gasteiger partial charge in [0.15, 0.2) is 5.65 Å². The van der Waals surface area contributed by atoms with Gasteiger partial charge in [0.05, 0.1) is 28.5 Å². The van der Waals surface area contributed by atoms with E-state index in [4.69, 9.17) is 32.9 Å². The largest absolute Gasteiger partial charge is 2.00 e. The number of benzene rings is 2. The Morgan fingerprint density at radius 1 is 1.04 bits per heavy atom. The van der Waals surface area contributed by atoms with Crippen molar-refractivity contribution in [2.45, 2.75) is 31.7 Å². The van der Waals surface area contributed by atoms with Crippen molar-refractivity contribution < 1.29 is 26.6 Å². The second kappa shape index (κ2) is 15.0. The minimum atomic E-state index is -0.527. The summed E-state index contributed by atoms with van der Waals surface area (Å²) in [6.07, 6.45) is 8.07. The number of halogens is 2. The predicted molar refractivity (Wildman–Crippen MR) is 183 cm³/mol. The molecule has 14 heteroatoms. The van der Waals surface area contributed by atoms with E-state index in [1.807, 2.05) is 43.0 Å². The molecule has 0 bridgehead atoms. The maximum absolute atomic E-state index is 13.1.